The fraction of sp³-hybridized carbons (Fsp3) is 0.273. The van der Waals surface area contributed by atoms with Crippen molar-refractivity contribution >= 4 is 22.5 Å². The maximum absolute atomic E-state index is 6.11. The van der Waals surface area contributed by atoms with Crippen LogP contribution in [0, 0.1) is 0 Å². The van der Waals surface area contributed by atoms with Crippen molar-refractivity contribution in [2.24, 2.45) is 0 Å². The molecule has 3 nitrogen and oxygen atoms in total. The van der Waals surface area contributed by atoms with Gasteiger partial charge in [-0.1, -0.05) is 11.6 Å². The van der Waals surface area contributed by atoms with Gasteiger partial charge in [-0.2, -0.15) is 0 Å². The van der Waals surface area contributed by atoms with Gasteiger partial charge in [-0.05, 0) is 25.2 Å². The molecule has 80 valence electrons. The summed E-state index contributed by atoms with van der Waals surface area (Å²) < 4.78 is 5.19. The van der Waals surface area contributed by atoms with Crippen LogP contribution in [0.1, 0.15) is 5.56 Å². The second-order valence-electron chi connectivity index (χ2n) is 3.36. The van der Waals surface area contributed by atoms with Crippen LogP contribution in [0.4, 0.5) is 0 Å². The highest BCUT2D eigenvalue weighted by molar-refractivity contribution is 6.31. The molecule has 1 aromatic heterocycles. The maximum Gasteiger partial charge on any atom is 0.119 e. The molecular formula is C11H13ClN2O. The number of aromatic nitrogens is 1. The summed E-state index contributed by atoms with van der Waals surface area (Å²) in [7, 11) is 3.56. The van der Waals surface area contributed by atoms with Crippen LogP contribution >= 0.6 is 11.6 Å². The lowest BCUT2D eigenvalue weighted by atomic mass is 10.1. The third-order valence-corrected chi connectivity index (χ3v) is 2.74. The number of hydrogen-bond donors (Lipinski definition) is 2. The standard InChI is InChI=1S/C11H13ClN2O/c1-13-6-9-8-5-7(15-2)3-4-10(8)14-11(9)12/h3-5,13-14H,6H2,1-2H3. The van der Waals surface area contributed by atoms with Gasteiger partial charge in [0.15, 0.2) is 0 Å². The van der Waals surface area contributed by atoms with Crippen molar-refractivity contribution < 1.29 is 4.74 Å². The summed E-state index contributed by atoms with van der Waals surface area (Å²) in [5.41, 5.74) is 2.11. The minimum absolute atomic E-state index is 0.688. The van der Waals surface area contributed by atoms with Crippen molar-refractivity contribution in [2.45, 2.75) is 6.54 Å². The molecule has 0 radical (unpaired) electrons. The first-order valence-electron chi connectivity index (χ1n) is 4.75. The molecule has 2 N–H and O–H groups in total. The average Bonchev–Trinajstić information content (AvgIpc) is 2.55. The van der Waals surface area contributed by atoms with Crippen LogP contribution < -0.4 is 10.1 Å². The van der Waals surface area contributed by atoms with Crippen molar-refractivity contribution in [3.8, 4) is 5.75 Å². The molecule has 1 heterocycles. The van der Waals surface area contributed by atoms with E-state index in [4.69, 9.17) is 16.3 Å². The van der Waals surface area contributed by atoms with E-state index in [9.17, 15) is 0 Å². The van der Waals surface area contributed by atoms with Gasteiger partial charge < -0.3 is 15.0 Å². The number of benzene rings is 1. The predicted molar refractivity (Wildman–Crippen MR) is 62.6 cm³/mol. The number of halogens is 1. The molecule has 2 rings (SSSR count). The normalized spacial score (nSPS) is 10.9. The molecule has 0 aliphatic heterocycles. The molecular weight excluding hydrogens is 212 g/mol. The van der Waals surface area contributed by atoms with Crippen molar-refractivity contribution in [2.75, 3.05) is 14.2 Å². The smallest absolute Gasteiger partial charge is 0.119 e. The number of methoxy groups -OCH3 is 1. The number of aromatic amines is 1. The second kappa shape index (κ2) is 4.13. The summed E-state index contributed by atoms with van der Waals surface area (Å²) in [4.78, 5) is 3.13. The fourth-order valence-corrected chi connectivity index (χ4v) is 1.94. The van der Waals surface area contributed by atoms with Crippen LogP contribution in [0.2, 0.25) is 5.15 Å². The third kappa shape index (κ3) is 1.80. The Kier molecular flexibility index (Phi) is 2.84. The maximum atomic E-state index is 6.11. The Bertz CT molecular complexity index is 479. The highest BCUT2D eigenvalue weighted by Gasteiger charge is 2.09. The van der Waals surface area contributed by atoms with Crippen LogP contribution in [0.15, 0.2) is 18.2 Å². The molecule has 0 saturated heterocycles. The Morgan fingerprint density at radius 3 is 2.93 bits per heavy atom. The van der Waals surface area contributed by atoms with E-state index in [1.807, 2.05) is 25.2 Å². The molecule has 0 aliphatic carbocycles. The van der Waals surface area contributed by atoms with Gasteiger partial charge in [0.2, 0.25) is 0 Å². The van der Waals surface area contributed by atoms with E-state index in [1.165, 1.54) is 0 Å². The van der Waals surface area contributed by atoms with E-state index in [-0.39, 0.29) is 0 Å². The minimum atomic E-state index is 0.688. The molecule has 2 aromatic rings. The lowest BCUT2D eigenvalue weighted by Gasteiger charge is -2.01. The van der Waals surface area contributed by atoms with Crippen molar-refractivity contribution in [3.05, 3.63) is 28.9 Å². The molecule has 15 heavy (non-hydrogen) atoms. The number of rotatable bonds is 3. The first-order chi connectivity index (χ1) is 7.26. The van der Waals surface area contributed by atoms with Crippen LogP contribution in [-0.2, 0) is 6.54 Å². The lowest BCUT2D eigenvalue weighted by Crippen LogP contribution is -2.04. The molecule has 0 bridgehead atoms. The van der Waals surface area contributed by atoms with Gasteiger partial charge in [0.1, 0.15) is 10.9 Å². The zero-order chi connectivity index (χ0) is 10.8. The summed E-state index contributed by atoms with van der Waals surface area (Å²) in [6.45, 7) is 0.742. The first kappa shape index (κ1) is 10.3. The van der Waals surface area contributed by atoms with Gasteiger partial charge in [0.05, 0.1) is 7.11 Å². The molecule has 4 heteroatoms. The summed E-state index contributed by atoms with van der Waals surface area (Å²) in [6, 6.07) is 5.88. The van der Waals surface area contributed by atoms with Gasteiger partial charge in [-0.25, -0.2) is 0 Å². The van der Waals surface area contributed by atoms with Gasteiger partial charge >= 0.3 is 0 Å². The summed E-state index contributed by atoms with van der Waals surface area (Å²) >= 11 is 6.11. The van der Waals surface area contributed by atoms with E-state index >= 15 is 0 Å². The highest BCUT2D eigenvalue weighted by atomic mass is 35.5. The fourth-order valence-electron chi connectivity index (χ4n) is 1.67. The molecule has 0 unspecified atom stereocenters. The van der Waals surface area contributed by atoms with E-state index in [2.05, 4.69) is 10.3 Å². The Balaban J connectivity index is 2.61. The van der Waals surface area contributed by atoms with Crippen molar-refractivity contribution in [3.63, 3.8) is 0 Å². The molecule has 0 fully saturated rings. The monoisotopic (exact) mass is 224 g/mol. The molecule has 0 saturated carbocycles. The van der Waals surface area contributed by atoms with Crippen LogP contribution in [0.3, 0.4) is 0 Å². The van der Waals surface area contributed by atoms with Gasteiger partial charge in [0, 0.05) is 23.0 Å². The lowest BCUT2D eigenvalue weighted by molar-refractivity contribution is 0.415. The Labute approximate surface area is 93.4 Å². The highest BCUT2D eigenvalue weighted by Crippen LogP contribution is 2.29. The van der Waals surface area contributed by atoms with E-state index in [1.54, 1.807) is 7.11 Å². The van der Waals surface area contributed by atoms with Gasteiger partial charge in [-0.3, -0.25) is 0 Å². The average molecular weight is 225 g/mol. The number of H-pyrrole nitrogens is 1. The molecule has 0 atom stereocenters. The molecule has 0 amide bonds. The Hall–Kier alpha value is -1.19. The zero-order valence-electron chi connectivity index (χ0n) is 8.73. The van der Waals surface area contributed by atoms with Crippen molar-refractivity contribution in [1.82, 2.24) is 10.3 Å². The number of ether oxygens (including phenoxy) is 1. The molecule has 0 spiro atoms. The van der Waals surface area contributed by atoms with Crippen molar-refractivity contribution in [1.29, 1.82) is 0 Å². The molecule has 1 aromatic carbocycles. The van der Waals surface area contributed by atoms with Crippen LogP contribution in [-0.4, -0.2) is 19.1 Å². The SMILES string of the molecule is CNCc1c(Cl)[nH]c2ccc(OC)cc12. The van der Waals surface area contributed by atoms with Gasteiger partial charge in [-0.15, -0.1) is 0 Å². The summed E-state index contributed by atoms with van der Waals surface area (Å²) in [5, 5.41) is 4.89. The Morgan fingerprint density at radius 2 is 2.27 bits per heavy atom. The van der Waals surface area contributed by atoms with E-state index < -0.39 is 0 Å². The van der Waals surface area contributed by atoms with Crippen LogP contribution in [0.25, 0.3) is 10.9 Å². The number of hydrogen-bond acceptors (Lipinski definition) is 2. The van der Waals surface area contributed by atoms with Gasteiger partial charge in [0.25, 0.3) is 0 Å². The number of nitrogens with one attached hydrogen (secondary N) is 2. The molecule has 0 aliphatic rings. The number of fused-ring (bicyclic) bond motifs is 1. The second-order valence-corrected chi connectivity index (χ2v) is 3.74. The summed E-state index contributed by atoms with van der Waals surface area (Å²) in [6.07, 6.45) is 0. The third-order valence-electron chi connectivity index (χ3n) is 2.41. The topological polar surface area (TPSA) is 37.0 Å². The van der Waals surface area contributed by atoms with E-state index in [0.717, 1.165) is 28.8 Å². The van der Waals surface area contributed by atoms with Crippen LogP contribution in [0.5, 0.6) is 5.75 Å². The quantitative estimate of drug-likeness (QED) is 0.841. The predicted octanol–water partition coefficient (Wildman–Crippen LogP) is 2.55. The largest absolute Gasteiger partial charge is 0.497 e. The first-order valence-corrected chi connectivity index (χ1v) is 5.12. The minimum Gasteiger partial charge on any atom is -0.497 e. The zero-order valence-corrected chi connectivity index (χ0v) is 9.48. The van der Waals surface area contributed by atoms with E-state index in [0.29, 0.717) is 5.15 Å². The Morgan fingerprint density at radius 1 is 1.47 bits per heavy atom. The summed E-state index contributed by atoms with van der Waals surface area (Å²) in [5.74, 6) is 0.843.